The Hall–Kier alpha value is -2.04. The van der Waals surface area contributed by atoms with Crippen molar-refractivity contribution < 1.29 is 4.79 Å². The molecular formula is C17H23N5OS. The van der Waals surface area contributed by atoms with Crippen molar-refractivity contribution >= 4 is 28.5 Å². The molecule has 1 saturated heterocycles. The molecule has 0 aliphatic carbocycles. The Kier molecular flexibility index (Phi) is 7.59. The van der Waals surface area contributed by atoms with Gasteiger partial charge in [0.05, 0.1) is 5.69 Å². The van der Waals surface area contributed by atoms with Crippen LogP contribution in [0.5, 0.6) is 0 Å². The van der Waals surface area contributed by atoms with Crippen molar-refractivity contribution in [1.82, 2.24) is 15.5 Å². The maximum atomic E-state index is 12.2. The molecule has 1 amide bonds. The largest absolute Gasteiger partial charge is 0.351 e. The summed E-state index contributed by atoms with van der Waals surface area (Å²) in [6.07, 6.45) is 7.53. The number of nitriles is 1. The van der Waals surface area contributed by atoms with Gasteiger partial charge in [0, 0.05) is 18.7 Å². The summed E-state index contributed by atoms with van der Waals surface area (Å²) in [6.45, 7) is 3.85. The zero-order valence-corrected chi connectivity index (χ0v) is 14.7. The zero-order valence-electron chi connectivity index (χ0n) is 13.9. The number of piperidine rings is 1. The van der Waals surface area contributed by atoms with Gasteiger partial charge in [-0.05, 0) is 56.5 Å². The predicted molar refractivity (Wildman–Crippen MR) is 98.4 cm³/mol. The molecule has 0 atom stereocenters. The number of nitrogens with zero attached hydrogens (tertiary/aromatic N) is 3. The first-order chi connectivity index (χ1) is 11.7. The summed E-state index contributed by atoms with van der Waals surface area (Å²) in [7, 11) is 0. The number of hydrogen-bond acceptors (Lipinski definition) is 5. The average Bonchev–Trinajstić information content (AvgIpc) is 2.62. The fourth-order valence-electron chi connectivity index (χ4n) is 2.59. The number of carbonyl (C=O) groups is 1. The number of rotatable bonds is 5. The first-order valence-electron chi connectivity index (χ1n) is 8.11. The minimum atomic E-state index is -0.0669. The van der Waals surface area contributed by atoms with Crippen LogP contribution in [0, 0.1) is 11.5 Å². The summed E-state index contributed by atoms with van der Waals surface area (Å²) in [6, 6.07) is 7.04. The molecule has 0 unspecified atom stereocenters. The minimum absolute atomic E-state index is 0.0669. The number of aliphatic imine (C=N–C) groups is 1. The lowest BCUT2D eigenvalue weighted by atomic mass is 10.1. The van der Waals surface area contributed by atoms with E-state index < -0.39 is 0 Å². The first-order valence-corrected chi connectivity index (χ1v) is 9.34. The van der Waals surface area contributed by atoms with E-state index in [0.717, 1.165) is 19.6 Å². The molecule has 1 aromatic rings. The molecule has 1 aliphatic rings. The Morgan fingerprint density at radius 1 is 1.29 bits per heavy atom. The van der Waals surface area contributed by atoms with Crippen LogP contribution in [0.4, 0.5) is 5.69 Å². The second kappa shape index (κ2) is 9.96. The zero-order chi connectivity index (χ0) is 17.2. The van der Waals surface area contributed by atoms with Crippen LogP contribution in [0.2, 0.25) is 0 Å². The molecule has 2 rings (SSSR count). The molecule has 0 spiro atoms. The van der Waals surface area contributed by atoms with Gasteiger partial charge >= 0.3 is 0 Å². The predicted octanol–water partition coefficient (Wildman–Crippen LogP) is 2.32. The van der Waals surface area contributed by atoms with Crippen LogP contribution in [0.25, 0.3) is 0 Å². The summed E-state index contributed by atoms with van der Waals surface area (Å²) in [4.78, 5) is 18.8. The lowest BCUT2D eigenvalue weighted by Crippen LogP contribution is -2.37. The van der Waals surface area contributed by atoms with Crippen molar-refractivity contribution in [2.75, 3.05) is 32.4 Å². The van der Waals surface area contributed by atoms with E-state index in [1.807, 2.05) is 12.4 Å². The van der Waals surface area contributed by atoms with Crippen LogP contribution in [0.1, 0.15) is 29.6 Å². The molecule has 0 bridgehead atoms. The molecule has 128 valence electrons. The quantitative estimate of drug-likeness (QED) is 0.370. The fraction of sp³-hybridized carbons (Fsp3) is 0.471. The maximum absolute atomic E-state index is 12.2. The summed E-state index contributed by atoms with van der Waals surface area (Å²) < 4.78 is 0. The third kappa shape index (κ3) is 5.87. The van der Waals surface area contributed by atoms with Gasteiger partial charge < -0.3 is 10.2 Å². The Morgan fingerprint density at radius 2 is 2.00 bits per heavy atom. The van der Waals surface area contributed by atoms with Gasteiger partial charge in [0.1, 0.15) is 0 Å². The van der Waals surface area contributed by atoms with Gasteiger partial charge in [0.25, 0.3) is 5.91 Å². The van der Waals surface area contributed by atoms with Crippen LogP contribution < -0.4 is 10.6 Å². The van der Waals surface area contributed by atoms with Crippen molar-refractivity contribution in [1.29, 1.82) is 5.26 Å². The molecule has 2 N–H and O–H groups in total. The van der Waals surface area contributed by atoms with E-state index in [1.54, 1.807) is 24.3 Å². The number of thioether (sulfide) groups is 1. The molecule has 1 aliphatic heterocycles. The number of hydrogen-bond donors (Lipinski definition) is 2. The summed E-state index contributed by atoms with van der Waals surface area (Å²) in [5.41, 5.74) is 1.32. The van der Waals surface area contributed by atoms with Crippen molar-refractivity contribution in [2.45, 2.75) is 19.3 Å². The lowest BCUT2D eigenvalue weighted by Gasteiger charge is -2.26. The van der Waals surface area contributed by atoms with Gasteiger partial charge in [-0.15, -0.1) is 0 Å². The molecule has 24 heavy (non-hydrogen) atoms. The van der Waals surface area contributed by atoms with E-state index in [-0.39, 0.29) is 5.91 Å². The van der Waals surface area contributed by atoms with E-state index in [0.29, 0.717) is 23.0 Å². The number of amidine groups is 1. The SMILES string of the molecule is CSC(=Nc1ccc(C(=O)NCCN2CCCCC2)cc1)NC#N. The van der Waals surface area contributed by atoms with E-state index in [1.165, 1.54) is 31.0 Å². The number of likely N-dealkylation sites (tertiary alicyclic amines) is 1. The summed E-state index contributed by atoms with van der Waals surface area (Å²) in [5.74, 6) is -0.0669. The van der Waals surface area contributed by atoms with Gasteiger partial charge in [-0.2, -0.15) is 5.26 Å². The van der Waals surface area contributed by atoms with Crippen molar-refractivity contribution in [3.8, 4) is 6.19 Å². The highest BCUT2D eigenvalue weighted by Crippen LogP contribution is 2.15. The Morgan fingerprint density at radius 3 is 2.62 bits per heavy atom. The molecule has 6 nitrogen and oxygen atoms in total. The smallest absolute Gasteiger partial charge is 0.251 e. The molecule has 0 saturated carbocycles. The highest BCUT2D eigenvalue weighted by atomic mass is 32.2. The van der Waals surface area contributed by atoms with Crippen LogP contribution in [-0.2, 0) is 0 Å². The van der Waals surface area contributed by atoms with Crippen LogP contribution >= 0.6 is 11.8 Å². The molecule has 1 heterocycles. The standard InChI is InChI=1S/C17H23N5OS/c1-24-17(20-13-18)21-15-7-5-14(6-8-15)16(23)19-9-12-22-10-3-2-4-11-22/h5-8H,2-4,9-12H2,1H3,(H,19,23)(H,20,21). The third-order valence-electron chi connectivity index (χ3n) is 3.88. The minimum Gasteiger partial charge on any atom is -0.351 e. The molecule has 1 aromatic carbocycles. The normalized spacial score (nSPS) is 15.6. The maximum Gasteiger partial charge on any atom is 0.251 e. The second-order valence-corrected chi connectivity index (χ2v) is 6.36. The molecule has 1 fully saturated rings. The summed E-state index contributed by atoms with van der Waals surface area (Å²) >= 11 is 1.36. The Labute approximate surface area is 147 Å². The highest BCUT2D eigenvalue weighted by molar-refractivity contribution is 8.13. The van der Waals surface area contributed by atoms with Gasteiger partial charge in [-0.3, -0.25) is 10.1 Å². The van der Waals surface area contributed by atoms with Crippen LogP contribution in [0.3, 0.4) is 0 Å². The second-order valence-electron chi connectivity index (χ2n) is 5.56. The van der Waals surface area contributed by atoms with Crippen LogP contribution in [-0.4, -0.2) is 48.4 Å². The number of benzene rings is 1. The van der Waals surface area contributed by atoms with Gasteiger partial charge in [0.15, 0.2) is 11.4 Å². The van der Waals surface area contributed by atoms with E-state index >= 15 is 0 Å². The number of nitrogens with one attached hydrogen (secondary N) is 2. The van der Waals surface area contributed by atoms with Gasteiger partial charge in [-0.25, -0.2) is 4.99 Å². The molecular weight excluding hydrogens is 322 g/mol. The number of amides is 1. The van der Waals surface area contributed by atoms with E-state index in [4.69, 9.17) is 5.26 Å². The summed E-state index contributed by atoms with van der Waals surface area (Å²) in [5, 5.41) is 14.6. The molecule has 0 aromatic heterocycles. The van der Waals surface area contributed by atoms with E-state index in [9.17, 15) is 4.79 Å². The Balaban J connectivity index is 1.83. The monoisotopic (exact) mass is 345 g/mol. The van der Waals surface area contributed by atoms with Crippen molar-refractivity contribution in [3.63, 3.8) is 0 Å². The topological polar surface area (TPSA) is 80.5 Å². The van der Waals surface area contributed by atoms with Crippen LogP contribution in [0.15, 0.2) is 29.3 Å². The average molecular weight is 345 g/mol. The third-order valence-corrected chi connectivity index (χ3v) is 4.46. The number of carbonyl (C=O) groups excluding carboxylic acids is 1. The van der Waals surface area contributed by atoms with Crippen molar-refractivity contribution in [2.24, 2.45) is 4.99 Å². The molecule has 7 heteroatoms. The fourth-order valence-corrected chi connectivity index (χ4v) is 2.93. The van der Waals surface area contributed by atoms with E-state index in [2.05, 4.69) is 20.5 Å². The van der Waals surface area contributed by atoms with Gasteiger partial charge in [0.2, 0.25) is 0 Å². The lowest BCUT2D eigenvalue weighted by molar-refractivity contribution is 0.0946. The first kappa shape index (κ1) is 18.3. The molecule has 0 radical (unpaired) electrons. The van der Waals surface area contributed by atoms with Gasteiger partial charge in [-0.1, -0.05) is 18.2 Å². The Bertz CT molecular complexity index is 602. The van der Waals surface area contributed by atoms with Crippen molar-refractivity contribution in [3.05, 3.63) is 29.8 Å². The highest BCUT2D eigenvalue weighted by Gasteiger charge is 2.10.